The smallest absolute Gasteiger partial charge is 0.232 e. The first-order valence-electron chi connectivity index (χ1n) is 4.24. The molecule has 0 radical (unpaired) electrons. The van der Waals surface area contributed by atoms with E-state index in [2.05, 4.69) is 9.97 Å². The molecule has 68 valence electrons. The van der Waals surface area contributed by atoms with Gasteiger partial charge in [0.2, 0.25) is 5.88 Å². The highest BCUT2D eigenvalue weighted by Gasteiger charge is 1.91. The van der Waals surface area contributed by atoms with E-state index in [9.17, 15) is 0 Å². The van der Waals surface area contributed by atoms with Gasteiger partial charge in [0.25, 0.3) is 0 Å². The maximum absolute atomic E-state index is 5.09. The van der Waals surface area contributed by atoms with Crippen LogP contribution >= 0.6 is 0 Å². The number of nitrogens with zero attached hydrogens (tertiary/aromatic N) is 2. The third-order valence-corrected chi connectivity index (χ3v) is 1.05. The summed E-state index contributed by atoms with van der Waals surface area (Å²) in [7, 11) is 0. The van der Waals surface area contributed by atoms with Gasteiger partial charge in [-0.05, 0) is 13.8 Å². The van der Waals surface area contributed by atoms with Gasteiger partial charge in [-0.2, -0.15) is 0 Å². The fourth-order valence-electron chi connectivity index (χ4n) is 0.603. The number of aryl methyl sites for hydroxylation is 1. The number of hydrogen-bond donors (Lipinski definition) is 0. The number of hydrogen-bond acceptors (Lipinski definition) is 3. The fourth-order valence-corrected chi connectivity index (χ4v) is 0.603. The van der Waals surface area contributed by atoms with Crippen LogP contribution in [0.5, 0.6) is 5.88 Å². The van der Waals surface area contributed by atoms with Crippen LogP contribution in [-0.4, -0.2) is 16.6 Å². The molecule has 0 aliphatic heterocycles. The Morgan fingerprint density at radius 2 is 1.92 bits per heavy atom. The van der Waals surface area contributed by atoms with Gasteiger partial charge in [0.05, 0.1) is 24.7 Å². The molecule has 0 aliphatic carbocycles. The highest BCUT2D eigenvalue weighted by molar-refractivity contribution is 5.05. The van der Waals surface area contributed by atoms with Crippen molar-refractivity contribution in [3.8, 4) is 5.88 Å². The van der Waals surface area contributed by atoms with Gasteiger partial charge in [-0.15, -0.1) is 0 Å². The molecule has 0 bridgehead atoms. The Bertz CT molecular complexity index is 196. The van der Waals surface area contributed by atoms with E-state index in [0.29, 0.717) is 12.5 Å². The molecule has 3 heteroatoms. The van der Waals surface area contributed by atoms with Crippen molar-refractivity contribution in [3.05, 3.63) is 18.1 Å². The Morgan fingerprint density at radius 1 is 1.25 bits per heavy atom. The molecule has 3 nitrogen and oxygen atoms in total. The summed E-state index contributed by atoms with van der Waals surface area (Å²) in [5.74, 6) is 0.591. The van der Waals surface area contributed by atoms with Crippen molar-refractivity contribution in [2.75, 3.05) is 6.61 Å². The topological polar surface area (TPSA) is 35.0 Å². The maximum Gasteiger partial charge on any atom is 0.232 e. The average molecular weight is 168 g/mol. The first-order chi connectivity index (χ1) is 5.83. The minimum Gasteiger partial charge on any atom is -0.477 e. The van der Waals surface area contributed by atoms with Gasteiger partial charge in [-0.1, -0.05) is 13.8 Å². The maximum atomic E-state index is 5.09. The van der Waals surface area contributed by atoms with E-state index in [-0.39, 0.29) is 0 Å². The van der Waals surface area contributed by atoms with Gasteiger partial charge in [0, 0.05) is 0 Å². The van der Waals surface area contributed by atoms with Crippen LogP contribution in [0.25, 0.3) is 0 Å². The van der Waals surface area contributed by atoms with E-state index < -0.39 is 0 Å². The molecule has 0 amide bonds. The molecule has 12 heavy (non-hydrogen) atoms. The van der Waals surface area contributed by atoms with Gasteiger partial charge in [-0.3, -0.25) is 4.98 Å². The molecule has 0 aliphatic rings. The first kappa shape index (κ1) is 10.9. The number of aromatic nitrogens is 2. The monoisotopic (exact) mass is 168 g/mol. The van der Waals surface area contributed by atoms with E-state index in [1.54, 1.807) is 12.4 Å². The molecule has 1 aromatic heterocycles. The summed E-state index contributed by atoms with van der Waals surface area (Å²) in [5.41, 5.74) is 0.906. The number of rotatable bonds is 2. The van der Waals surface area contributed by atoms with Crippen molar-refractivity contribution in [3.63, 3.8) is 0 Å². The summed E-state index contributed by atoms with van der Waals surface area (Å²) in [5, 5.41) is 0. The Morgan fingerprint density at radius 3 is 2.33 bits per heavy atom. The van der Waals surface area contributed by atoms with Crippen molar-refractivity contribution in [1.82, 2.24) is 9.97 Å². The zero-order valence-corrected chi connectivity index (χ0v) is 8.16. The second-order valence-electron chi connectivity index (χ2n) is 1.93. The van der Waals surface area contributed by atoms with Crippen molar-refractivity contribution in [2.45, 2.75) is 27.7 Å². The highest BCUT2D eigenvalue weighted by atomic mass is 16.5. The standard InChI is InChI=1S/C7H10N2O.C2H6/c1-3-10-7-5-8-6(2)4-9-7;1-2/h4-5H,3H2,1-2H3;1-2H3. The second kappa shape index (κ2) is 6.58. The summed E-state index contributed by atoms with van der Waals surface area (Å²) < 4.78 is 5.09. The van der Waals surface area contributed by atoms with Gasteiger partial charge >= 0.3 is 0 Å². The SMILES string of the molecule is CC.CCOc1cnc(C)cn1. The van der Waals surface area contributed by atoms with Gasteiger partial charge in [-0.25, -0.2) is 4.98 Å². The average Bonchev–Trinajstić information content (AvgIpc) is 2.13. The quantitative estimate of drug-likeness (QED) is 0.679. The van der Waals surface area contributed by atoms with Crippen molar-refractivity contribution in [2.24, 2.45) is 0 Å². The molecule has 0 saturated heterocycles. The van der Waals surface area contributed by atoms with Crippen LogP contribution < -0.4 is 4.74 Å². The zero-order valence-electron chi connectivity index (χ0n) is 8.16. The lowest BCUT2D eigenvalue weighted by Gasteiger charge is -1.98. The summed E-state index contributed by atoms with van der Waals surface area (Å²) in [6, 6.07) is 0. The van der Waals surface area contributed by atoms with Crippen LogP contribution in [0.3, 0.4) is 0 Å². The molecule has 0 atom stereocenters. The van der Waals surface area contributed by atoms with Crippen molar-refractivity contribution < 1.29 is 4.74 Å². The van der Waals surface area contributed by atoms with Crippen LogP contribution in [0.1, 0.15) is 26.5 Å². The van der Waals surface area contributed by atoms with Crippen molar-refractivity contribution in [1.29, 1.82) is 0 Å². The van der Waals surface area contributed by atoms with Crippen LogP contribution in [0.15, 0.2) is 12.4 Å². The van der Waals surface area contributed by atoms with Gasteiger partial charge < -0.3 is 4.74 Å². The Balaban J connectivity index is 0.000000561. The molecule has 0 fully saturated rings. The summed E-state index contributed by atoms with van der Waals surface area (Å²) >= 11 is 0. The van der Waals surface area contributed by atoms with Crippen molar-refractivity contribution >= 4 is 0 Å². The molecule has 0 saturated carbocycles. The van der Waals surface area contributed by atoms with Crippen LogP contribution in [0.4, 0.5) is 0 Å². The van der Waals surface area contributed by atoms with E-state index in [1.165, 1.54) is 0 Å². The largest absolute Gasteiger partial charge is 0.477 e. The normalized spacial score (nSPS) is 8.33. The first-order valence-corrected chi connectivity index (χ1v) is 4.24. The molecule has 0 aromatic carbocycles. The van der Waals surface area contributed by atoms with E-state index in [4.69, 9.17) is 4.74 Å². The molecular formula is C9H16N2O. The molecule has 0 spiro atoms. The lowest BCUT2D eigenvalue weighted by Crippen LogP contribution is -1.95. The van der Waals surface area contributed by atoms with Crippen LogP contribution in [0.2, 0.25) is 0 Å². The van der Waals surface area contributed by atoms with Crippen LogP contribution in [-0.2, 0) is 0 Å². The molecule has 0 N–H and O–H groups in total. The fraction of sp³-hybridized carbons (Fsp3) is 0.556. The minimum atomic E-state index is 0.591. The lowest BCUT2D eigenvalue weighted by atomic mass is 10.5. The van der Waals surface area contributed by atoms with E-state index in [0.717, 1.165) is 5.69 Å². The van der Waals surface area contributed by atoms with E-state index >= 15 is 0 Å². The minimum absolute atomic E-state index is 0.591. The summed E-state index contributed by atoms with van der Waals surface area (Å²) in [4.78, 5) is 7.99. The van der Waals surface area contributed by atoms with Gasteiger partial charge in [0.1, 0.15) is 0 Å². The zero-order chi connectivity index (χ0) is 9.40. The third kappa shape index (κ3) is 3.91. The molecule has 1 rings (SSSR count). The van der Waals surface area contributed by atoms with Gasteiger partial charge in [0.15, 0.2) is 0 Å². The van der Waals surface area contributed by atoms with Crippen LogP contribution in [0, 0.1) is 6.92 Å². The highest BCUT2D eigenvalue weighted by Crippen LogP contribution is 2.01. The second-order valence-corrected chi connectivity index (χ2v) is 1.93. The predicted octanol–water partition coefficient (Wildman–Crippen LogP) is 2.21. The number of ether oxygens (including phenoxy) is 1. The third-order valence-electron chi connectivity index (χ3n) is 1.05. The summed E-state index contributed by atoms with van der Waals surface area (Å²) in [6.45, 7) is 8.45. The Kier molecular flexibility index (Phi) is 5.97. The molecule has 1 aromatic rings. The van der Waals surface area contributed by atoms with E-state index in [1.807, 2.05) is 27.7 Å². The molecule has 0 unspecified atom stereocenters. The summed E-state index contributed by atoms with van der Waals surface area (Å²) in [6.07, 6.45) is 3.31. The molecule has 1 heterocycles. The lowest BCUT2D eigenvalue weighted by molar-refractivity contribution is 0.325. The Labute approximate surface area is 73.8 Å². The predicted molar refractivity (Wildman–Crippen MR) is 49.3 cm³/mol. The molecular weight excluding hydrogens is 152 g/mol. The Hall–Kier alpha value is -1.12.